The number of aryl methyl sites for hydroxylation is 1. The Balaban J connectivity index is 2.11. The predicted octanol–water partition coefficient (Wildman–Crippen LogP) is 3.51. The van der Waals surface area contributed by atoms with Crippen LogP contribution in [0.25, 0.3) is 11.1 Å². The lowest BCUT2D eigenvalue weighted by molar-refractivity contribution is -0.140. The number of aliphatic hydroxyl groups excluding tert-OH is 1. The van der Waals surface area contributed by atoms with Crippen molar-refractivity contribution in [3.05, 3.63) is 59.7 Å². The van der Waals surface area contributed by atoms with Gasteiger partial charge in [0.15, 0.2) is 0 Å². The summed E-state index contributed by atoms with van der Waals surface area (Å²) in [7, 11) is 1.40. The summed E-state index contributed by atoms with van der Waals surface area (Å²) in [4.78, 5) is 11.1. The number of rotatable bonds is 5. The Morgan fingerprint density at radius 1 is 1.14 bits per heavy atom. The molecule has 1 N–H and O–H groups in total. The van der Waals surface area contributed by atoms with Gasteiger partial charge in [-0.3, -0.25) is 4.79 Å². The minimum atomic E-state index is -0.468. The second-order valence-electron chi connectivity index (χ2n) is 5.07. The van der Waals surface area contributed by atoms with Gasteiger partial charge in [-0.25, -0.2) is 0 Å². The van der Waals surface area contributed by atoms with Crippen molar-refractivity contribution in [1.82, 2.24) is 0 Å². The molecule has 0 spiro atoms. The Morgan fingerprint density at radius 3 is 2.48 bits per heavy atom. The lowest BCUT2D eigenvalue weighted by Crippen LogP contribution is -2.01. The summed E-state index contributed by atoms with van der Waals surface area (Å²) in [6.07, 6.45) is 0.609. The monoisotopic (exact) mass is 284 g/mol. The van der Waals surface area contributed by atoms with Crippen LogP contribution in [0.1, 0.15) is 30.6 Å². The van der Waals surface area contributed by atoms with Crippen molar-refractivity contribution in [1.29, 1.82) is 0 Å². The van der Waals surface area contributed by atoms with E-state index in [0.717, 1.165) is 22.3 Å². The molecule has 0 saturated carbocycles. The summed E-state index contributed by atoms with van der Waals surface area (Å²) in [6.45, 7) is 1.76. The number of methoxy groups -OCH3 is 1. The zero-order chi connectivity index (χ0) is 15.2. The highest BCUT2D eigenvalue weighted by atomic mass is 16.5. The van der Waals surface area contributed by atoms with Gasteiger partial charge in [0.1, 0.15) is 0 Å². The molecule has 0 bridgehead atoms. The van der Waals surface area contributed by atoms with Gasteiger partial charge in [-0.15, -0.1) is 0 Å². The molecule has 0 fully saturated rings. The first-order chi connectivity index (χ1) is 10.1. The van der Waals surface area contributed by atoms with E-state index in [1.165, 1.54) is 7.11 Å². The number of hydrogen-bond donors (Lipinski definition) is 1. The maximum Gasteiger partial charge on any atom is 0.305 e. The van der Waals surface area contributed by atoms with Crippen LogP contribution in [0, 0.1) is 0 Å². The number of hydrogen-bond acceptors (Lipinski definition) is 3. The van der Waals surface area contributed by atoms with Crippen LogP contribution in [-0.2, 0) is 16.0 Å². The van der Waals surface area contributed by atoms with E-state index < -0.39 is 6.10 Å². The van der Waals surface area contributed by atoms with Crippen molar-refractivity contribution in [2.45, 2.75) is 25.9 Å². The molecule has 0 aliphatic rings. The second kappa shape index (κ2) is 7.04. The van der Waals surface area contributed by atoms with Crippen LogP contribution >= 0.6 is 0 Å². The number of aliphatic hydroxyl groups is 1. The van der Waals surface area contributed by atoms with E-state index >= 15 is 0 Å². The Hall–Kier alpha value is -2.13. The molecule has 110 valence electrons. The van der Waals surface area contributed by atoms with E-state index in [-0.39, 0.29) is 5.97 Å². The first-order valence-electron chi connectivity index (χ1n) is 7.04. The van der Waals surface area contributed by atoms with Gasteiger partial charge in [-0.1, -0.05) is 42.5 Å². The van der Waals surface area contributed by atoms with Crippen molar-refractivity contribution >= 4 is 5.97 Å². The van der Waals surface area contributed by atoms with Crippen LogP contribution in [0.4, 0.5) is 0 Å². The van der Waals surface area contributed by atoms with E-state index in [1.54, 1.807) is 6.92 Å². The highest BCUT2D eigenvalue weighted by Crippen LogP contribution is 2.23. The molecule has 21 heavy (non-hydrogen) atoms. The molecule has 0 aliphatic carbocycles. The lowest BCUT2D eigenvalue weighted by atomic mass is 9.99. The van der Waals surface area contributed by atoms with Gasteiger partial charge in [0.05, 0.1) is 13.2 Å². The molecule has 3 nitrogen and oxygen atoms in total. The van der Waals surface area contributed by atoms with Gasteiger partial charge in [0, 0.05) is 6.42 Å². The summed E-state index contributed by atoms with van der Waals surface area (Å²) < 4.78 is 4.64. The fourth-order valence-corrected chi connectivity index (χ4v) is 2.19. The Labute approximate surface area is 125 Å². The van der Waals surface area contributed by atoms with E-state index in [2.05, 4.69) is 4.74 Å². The standard InChI is InChI=1S/C18H20O3/c1-13(19)16-4-3-5-17(12-16)15-9-6-14(7-10-15)8-11-18(20)21-2/h3-7,9-10,12-13,19H,8,11H2,1-2H3. The Kier molecular flexibility index (Phi) is 5.12. The summed E-state index contributed by atoms with van der Waals surface area (Å²) in [5.41, 5.74) is 4.19. The molecule has 2 aromatic rings. The highest BCUT2D eigenvalue weighted by Gasteiger charge is 2.05. The number of carbonyl (C=O) groups is 1. The van der Waals surface area contributed by atoms with E-state index in [4.69, 9.17) is 0 Å². The quantitative estimate of drug-likeness (QED) is 0.855. The van der Waals surface area contributed by atoms with Crippen LogP contribution in [-0.4, -0.2) is 18.2 Å². The van der Waals surface area contributed by atoms with Crippen LogP contribution in [0.2, 0.25) is 0 Å². The number of benzene rings is 2. The Bertz CT molecular complexity index is 600. The maximum absolute atomic E-state index is 11.1. The molecule has 2 rings (SSSR count). The molecule has 1 unspecified atom stereocenters. The van der Waals surface area contributed by atoms with Gasteiger partial charge in [-0.05, 0) is 41.7 Å². The molecule has 1 atom stereocenters. The predicted molar refractivity (Wildman–Crippen MR) is 82.8 cm³/mol. The third-order valence-corrected chi connectivity index (χ3v) is 3.50. The average Bonchev–Trinajstić information content (AvgIpc) is 2.53. The summed E-state index contributed by atoms with van der Waals surface area (Å²) in [5.74, 6) is -0.191. The van der Waals surface area contributed by atoms with Gasteiger partial charge < -0.3 is 9.84 Å². The SMILES string of the molecule is COC(=O)CCc1ccc(-c2cccc(C(C)O)c2)cc1. The topological polar surface area (TPSA) is 46.5 Å². The van der Waals surface area contributed by atoms with E-state index in [9.17, 15) is 9.90 Å². The van der Waals surface area contributed by atoms with Gasteiger partial charge in [0.2, 0.25) is 0 Å². The molecular weight excluding hydrogens is 264 g/mol. The van der Waals surface area contributed by atoms with Crippen LogP contribution in [0.3, 0.4) is 0 Å². The molecule has 3 heteroatoms. The first-order valence-corrected chi connectivity index (χ1v) is 7.04. The molecule has 0 saturated heterocycles. The number of esters is 1. The average molecular weight is 284 g/mol. The minimum Gasteiger partial charge on any atom is -0.469 e. The largest absolute Gasteiger partial charge is 0.469 e. The highest BCUT2D eigenvalue weighted by molar-refractivity contribution is 5.69. The molecule has 0 radical (unpaired) electrons. The van der Waals surface area contributed by atoms with Gasteiger partial charge in [0.25, 0.3) is 0 Å². The molecule has 2 aromatic carbocycles. The first kappa shape index (κ1) is 15.3. The normalized spacial score (nSPS) is 12.0. The summed E-state index contributed by atoms with van der Waals surface area (Å²) >= 11 is 0. The van der Waals surface area contributed by atoms with Crippen molar-refractivity contribution in [3.8, 4) is 11.1 Å². The van der Waals surface area contributed by atoms with E-state index in [0.29, 0.717) is 12.8 Å². The number of ether oxygens (including phenoxy) is 1. The van der Waals surface area contributed by atoms with Crippen molar-refractivity contribution in [3.63, 3.8) is 0 Å². The molecular formula is C18H20O3. The second-order valence-corrected chi connectivity index (χ2v) is 5.07. The van der Waals surface area contributed by atoms with E-state index in [1.807, 2.05) is 48.5 Å². The smallest absolute Gasteiger partial charge is 0.305 e. The van der Waals surface area contributed by atoms with Gasteiger partial charge in [-0.2, -0.15) is 0 Å². The summed E-state index contributed by atoms with van der Waals surface area (Å²) in [6, 6.07) is 16.0. The molecule has 0 aliphatic heterocycles. The lowest BCUT2D eigenvalue weighted by Gasteiger charge is -2.08. The van der Waals surface area contributed by atoms with Crippen molar-refractivity contribution in [2.75, 3.05) is 7.11 Å². The zero-order valence-corrected chi connectivity index (χ0v) is 12.4. The maximum atomic E-state index is 11.1. The van der Waals surface area contributed by atoms with Crippen LogP contribution in [0.15, 0.2) is 48.5 Å². The third-order valence-electron chi connectivity index (χ3n) is 3.50. The van der Waals surface area contributed by atoms with Crippen LogP contribution < -0.4 is 0 Å². The Morgan fingerprint density at radius 2 is 1.86 bits per heavy atom. The van der Waals surface area contributed by atoms with Crippen molar-refractivity contribution in [2.24, 2.45) is 0 Å². The third kappa shape index (κ3) is 4.17. The molecule has 0 amide bonds. The number of carbonyl (C=O) groups excluding carboxylic acids is 1. The molecule has 0 aromatic heterocycles. The minimum absolute atomic E-state index is 0.191. The zero-order valence-electron chi connectivity index (χ0n) is 12.4. The summed E-state index contributed by atoms with van der Waals surface area (Å²) in [5, 5.41) is 9.64. The fraction of sp³-hybridized carbons (Fsp3) is 0.278. The van der Waals surface area contributed by atoms with Crippen molar-refractivity contribution < 1.29 is 14.6 Å². The van der Waals surface area contributed by atoms with Crippen LogP contribution in [0.5, 0.6) is 0 Å². The van der Waals surface area contributed by atoms with Gasteiger partial charge >= 0.3 is 5.97 Å². The molecule has 0 heterocycles. The fourth-order valence-electron chi connectivity index (χ4n) is 2.19.